The highest BCUT2D eigenvalue weighted by Crippen LogP contribution is 2.25. The smallest absolute Gasteiger partial charge is 0.255 e. The van der Waals surface area contributed by atoms with Gasteiger partial charge in [-0.1, -0.05) is 18.2 Å². The number of anilines is 1. The standard InChI is InChI=1S/C22H26FN3O2/c1-3-25(2)22(28)19-9-4-5-10-20(19)26-13-11-18(12-14-26)24-21(27)16-7-6-8-17(23)15-16/h4-10,15,18H,3,11-14H2,1-2H3,(H,24,27). The number of amides is 2. The Morgan fingerprint density at radius 3 is 2.54 bits per heavy atom. The van der Waals surface area contributed by atoms with E-state index in [0.29, 0.717) is 17.7 Å². The van der Waals surface area contributed by atoms with Crippen molar-refractivity contribution in [3.63, 3.8) is 0 Å². The molecule has 1 aliphatic rings. The van der Waals surface area contributed by atoms with Crippen molar-refractivity contribution in [3.05, 3.63) is 65.5 Å². The van der Waals surface area contributed by atoms with Crippen molar-refractivity contribution in [2.75, 3.05) is 31.6 Å². The topological polar surface area (TPSA) is 52.7 Å². The molecule has 3 rings (SSSR count). The van der Waals surface area contributed by atoms with Gasteiger partial charge in [-0.15, -0.1) is 0 Å². The van der Waals surface area contributed by atoms with Crippen molar-refractivity contribution in [1.82, 2.24) is 10.2 Å². The molecule has 28 heavy (non-hydrogen) atoms. The van der Waals surface area contributed by atoms with Gasteiger partial charge in [-0.2, -0.15) is 0 Å². The maximum Gasteiger partial charge on any atom is 0.255 e. The fourth-order valence-corrected chi connectivity index (χ4v) is 3.44. The van der Waals surface area contributed by atoms with Gasteiger partial charge in [-0.25, -0.2) is 4.39 Å². The zero-order valence-corrected chi connectivity index (χ0v) is 16.3. The second-order valence-corrected chi connectivity index (χ2v) is 7.08. The summed E-state index contributed by atoms with van der Waals surface area (Å²) in [4.78, 5) is 28.9. The van der Waals surface area contributed by atoms with Gasteiger partial charge in [0.2, 0.25) is 0 Å². The van der Waals surface area contributed by atoms with E-state index in [0.717, 1.165) is 31.6 Å². The third-order valence-corrected chi connectivity index (χ3v) is 5.21. The number of carbonyl (C=O) groups is 2. The minimum atomic E-state index is -0.416. The minimum absolute atomic E-state index is 0.0135. The van der Waals surface area contributed by atoms with Crippen molar-refractivity contribution >= 4 is 17.5 Å². The number of benzene rings is 2. The van der Waals surface area contributed by atoms with Crippen LogP contribution in [0.1, 0.15) is 40.5 Å². The molecule has 1 saturated heterocycles. The fraction of sp³-hybridized carbons (Fsp3) is 0.364. The summed E-state index contributed by atoms with van der Waals surface area (Å²) in [6, 6.07) is 13.4. The van der Waals surface area contributed by atoms with E-state index in [9.17, 15) is 14.0 Å². The van der Waals surface area contributed by atoms with Crippen LogP contribution in [-0.4, -0.2) is 49.4 Å². The number of nitrogens with zero attached hydrogens (tertiary/aromatic N) is 2. The molecule has 2 aromatic rings. The van der Waals surface area contributed by atoms with Gasteiger partial charge in [-0.3, -0.25) is 9.59 Å². The monoisotopic (exact) mass is 383 g/mol. The molecule has 5 nitrogen and oxygen atoms in total. The van der Waals surface area contributed by atoms with E-state index in [1.165, 1.54) is 18.2 Å². The maximum atomic E-state index is 13.3. The number of carbonyl (C=O) groups excluding carboxylic acids is 2. The van der Waals surface area contributed by atoms with Crippen LogP contribution < -0.4 is 10.2 Å². The molecule has 1 N–H and O–H groups in total. The molecule has 0 radical (unpaired) electrons. The quantitative estimate of drug-likeness (QED) is 0.862. The third kappa shape index (κ3) is 4.50. The van der Waals surface area contributed by atoms with Gasteiger partial charge in [0.15, 0.2) is 0 Å². The molecule has 0 spiro atoms. The summed E-state index contributed by atoms with van der Waals surface area (Å²) >= 11 is 0. The molecule has 6 heteroatoms. The Labute approximate surface area is 165 Å². The van der Waals surface area contributed by atoms with Crippen molar-refractivity contribution in [2.45, 2.75) is 25.8 Å². The van der Waals surface area contributed by atoms with Crippen LogP contribution in [0.4, 0.5) is 10.1 Å². The number of halogens is 1. The lowest BCUT2D eigenvalue weighted by molar-refractivity contribution is 0.0802. The van der Waals surface area contributed by atoms with E-state index in [2.05, 4.69) is 10.2 Å². The van der Waals surface area contributed by atoms with Gasteiger partial charge in [0, 0.05) is 44.0 Å². The van der Waals surface area contributed by atoms with Gasteiger partial charge in [0.25, 0.3) is 11.8 Å². The van der Waals surface area contributed by atoms with Crippen LogP contribution in [0.2, 0.25) is 0 Å². The van der Waals surface area contributed by atoms with E-state index in [1.54, 1.807) is 18.0 Å². The summed E-state index contributed by atoms with van der Waals surface area (Å²) in [5, 5.41) is 2.99. The molecule has 148 valence electrons. The molecule has 2 aromatic carbocycles. The van der Waals surface area contributed by atoms with Crippen molar-refractivity contribution in [3.8, 4) is 0 Å². The number of hydrogen-bond donors (Lipinski definition) is 1. The van der Waals surface area contributed by atoms with E-state index in [1.807, 2.05) is 31.2 Å². The Balaban J connectivity index is 1.63. The number of hydrogen-bond acceptors (Lipinski definition) is 3. The predicted octanol–water partition coefficient (Wildman–Crippen LogP) is 3.32. The van der Waals surface area contributed by atoms with Crippen molar-refractivity contribution < 1.29 is 14.0 Å². The van der Waals surface area contributed by atoms with Crippen molar-refractivity contribution in [2.24, 2.45) is 0 Å². The van der Waals surface area contributed by atoms with Gasteiger partial charge < -0.3 is 15.1 Å². The summed E-state index contributed by atoms with van der Waals surface area (Å²) in [7, 11) is 1.80. The Hall–Kier alpha value is -2.89. The molecule has 0 bridgehead atoms. The minimum Gasteiger partial charge on any atom is -0.371 e. The Bertz CT molecular complexity index is 847. The highest BCUT2D eigenvalue weighted by molar-refractivity contribution is 5.99. The average molecular weight is 383 g/mol. The molecule has 2 amide bonds. The highest BCUT2D eigenvalue weighted by atomic mass is 19.1. The summed E-state index contributed by atoms with van der Waals surface area (Å²) in [6.45, 7) is 4.09. The van der Waals surface area contributed by atoms with Crippen LogP contribution in [0.5, 0.6) is 0 Å². The Kier molecular flexibility index (Phi) is 6.29. The van der Waals surface area contributed by atoms with E-state index in [4.69, 9.17) is 0 Å². The molecule has 0 aliphatic carbocycles. The van der Waals surface area contributed by atoms with Gasteiger partial charge >= 0.3 is 0 Å². The number of piperidine rings is 1. The Morgan fingerprint density at radius 1 is 1.14 bits per heavy atom. The van der Waals surface area contributed by atoms with Crippen LogP contribution in [0.3, 0.4) is 0 Å². The van der Waals surface area contributed by atoms with Crippen molar-refractivity contribution in [1.29, 1.82) is 0 Å². The first-order valence-corrected chi connectivity index (χ1v) is 9.65. The molecule has 1 heterocycles. The van der Waals surface area contributed by atoms with Gasteiger partial charge in [-0.05, 0) is 50.1 Å². The first-order valence-electron chi connectivity index (χ1n) is 9.65. The third-order valence-electron chi connectivity index (χ3n) is 5.21. The van der Waals surface area contributed by atoms with Crippen LogP contribution in [-0.2, 0) is 0 Å². The normalized spacial score (nSPS) is 14.6. The van der Waals surface area contributed by atoms with E-state index >= 15 is 0 Å². The summed E-state index contributed by atoms with van der Waals surface area (Å²) < 4.78 is 13.3. The molecular formula is C22H26FN3O2. The number of para-hydroxylation sites is 1. The van der Waals surface area contributed by atoms with Crippen LogP contribution in [0.15, 0.2) is 48.5 Å². The molecule has 1 aliphatic heterocycles. The maximum absolute atomic E-state index is 13.3. The molecule has 0 unspecified atom stereocenters. The first kappa shape index (κ1) is 19.9. The fourth-order valence-electron chi connectivity index (χ4n) is 3.44. The van der Waals surface area contributed by atoms with E-state index in [-0.39, 0.29) is 17.9 Å². The lowest BCUT2D eigenvalue weighted by Gasteiger charge is -2.35. The van der Waals surface area contributed by atoms with Crippen LogP contribution in [0.25, 0.3) is 0 Å². The Morgan fingerprint density at radius 2 is 1.86 bits per heavy atom. The van der Waals surface area contributed by atoms with Gasteiger partial charge in [0.05, 0.1) is 5.56 Å². The highest BCUT2D eigenvalue weighted by Gasteiger charge is 2.24. The molecule has 0 atom stereocenters. The van der Waals surface area contributed by atoms with Gasteiger partial charge in [0.1, 0.15) is 5.82 Å². The first-order chi connectivity index (χ1) is 13.5. The van der Waals surface area contributed by atoms with E-state index < -0.39 is 5.82 Å². The SMILES string of the molecule is CCN(C)C(=O)c1ccccc1N1CCC(NC(=O)c2cccc(F)c2)CC1. The largest absolute Gasteiger partial charge is 0.371 e. The van der Waals surface area contributed by atoms with Crippen LogP contribution in [0, 0.1) is 5.82 Å². The number of nitrogens with one attached hydrogen (secondary N) is 1. The summed E-state index contributed by atoms with van der Waals surface area (Å²) in [5.41, 5.74) is 1.97. The zero-order chi connectivity index (χ0) is 20.1. The predicted molar refractivity (Wildman–Crippen MR) is 108 cm³/mol. The summed E-state index contributed by atoms with van der Waals surface area (Å²) in [5.74, 6) is -0.654. The molecule has 0 aromatic heterocycles. The second-order valence-electron chi connectivity index (χ2n) is 7.08. The molecule has 0 saturated carbocycles. The lowest BCUT2D eigenvalue weighted by Crippen LogP contribution is -2.45. The second kappa shape index (κ2) is 8.87. The number of rotatable bonds is 5. The average Bonchev–Trinajstić information content (AvgIpc) is 2.73. The molecular weight excluding hydrogens is 357 g/mol. The lowest BCUT2D eigenvalue weighted by atomic mass is 10.0. The zero-order valence-electron chi connectivity index (χ0n) is 16.3. The van der Waals surface area contributed by atoms with Crippen LogP contribution >= 0.6 is 0 Å². The summed E-state index contributed by atoms with van der Waals surface area (Å²) in [6.07, 6.45) is 1.54. The molecule has 1 fully saturated rings.